The SMILES string of the molecule is NC(CNC(=O)C1CC1c1cccc(F)c1F)c1ccccc1. The molecule has 3 unspecified atom stereocenters. The molecule has 3 atom stereocenters. The van der Waals surface area contributed by atoms with Crippen LogP contribution in [0.3, 0.4) is 0 Å². The molecular weight excluding hydrogens is 298 g/mol. The van der Waals surface area contributed by atoms with Gasteiger partial charge in [-0.25, -0.2) is 8.78 Å². The highest BCUT2D eigenvalue weighted by atomic mass is 19.2. The van der Waals surface area contributed by atoms with Crippen molar-refractivity contribution in [3.8, 4) is 0 Å². The van der Waals surface area contributed by atoms with Gasteiger partial charge in [-0.2, -0.15) is 0 Å². The molecular formula is C18H18F2N2O. The van der Waals surface area contributed by atoms with Crippen molar-refractivity contribution in [3.05, 3.63) is 71.3 Å². The number of halogens is 2. The highest BCUT2D eigenvalue weighted by Crippen LogP contribution is 2.48. The lowest BCUT2D eigenvalue weighted by atomic mass is 10.1. The Hall–Kier alpha value is -2.27. The van der Waals surface area contributed by atoms with E-state index in [1.165, 1.54) is 12.1 Å². The maximum atomic E-state index is 13.7. The summed E-state index contributed by atoms with van der Waals surface area (Å²) >= 11 is 0. The van der Waals surface area contributed by atoms with Crippen LogP contribution in [0, 0.1) is 17.6 Å². The summed E-state index contributed by atoms with van der Waals surface area (Å²) in [6.07, 6.45) is 0.535. The van der Waals surface area contributed by atoms with Gasteiger partial charge in [0, 0.05) is 18.5 Å². The highest BCUT2D eigenvalue weighted by Gasteiger charge is 2.45. The van der Waals surface area contributed by atoms with Gasteiger partial charge in [-0.3, -0.25) is 4.79 Å². The zero-order chi connectivity index (χ0) is 16.4. The monoisotopic (exact) mass is 316 g/mol. The van der Waals surface area contributed by atoms with Crippen molar-refractivity contribution in [1.82, 2.24) is 5.32 Å². The molecule has 0 spiro atoms. The minimum Gasteiger partial charge on any atom is -0.354 e. The van der Waals surface area contributed by atoms with Crippen molar-refractivity contribution < 1.29 is 13.6 Å². The predicted octanol–water partition coefficient (Wildman–Crippen LogP) is 2.88. The van der Waals surface area contributed by atoms with E-state index in [2.05, 4.69) is 5.32 Å². The lowest BCUT2D eigenvalue weighted by Crippen LogP contribution is -2.33. The van der Waals surface area contributed by atoms with Crippen LogP contribution in [0.4, 0.5) is 8.78 Å². The number of carbonyl (C=O) groups excluding carboxylic acids is 1. The summed E-state index contributed by atoms with van der Waals surface area (Å²) in [5, 5.41) is 2.80. The molecule has 0 radical (unpaired) electrons. The lowest BCUT2D eigenvalue weighted by Gasteiger charge is -2.13. The lowest BCUT2D eigenvalue weighted by molar-refractivity contribution is -0.122. The van der Waals surface area contributed by atoms with E-state index in [-0.39, 0.29) is 29.3 Å². The molecule has 1 aliphatic carbocycles. The molecule has 3 rings (SSSR count). The molecule has 0 bridgehead atoms. The van der Waals surface area contributed by atoms with E-state index >= 15 is 0 Å². The number of benzene rings is 2. The Morgan fingerprint density at radius 3 is 2.65 bits per heavy atom. The second-order valence-electron chi connectivity index (χ2n) is 5.85. The molecule has 3 nitrogen and oxygen atoms in total. The molecule has 120 valence electrons. The van der Waals surface area contributed by atoms with Crippen LogP contribution >= 0.6 is 0 Å². The fourth-order valence-corrected chi connectivity index (χ4v) is 2.80. The van der Waals surface area contributed by atoms with Gasteiger partial charge in [-0.05, 0) is 29.5 Å². The van der Waals surface area contributed by atoms with Crippen molar-refractivity contribution in [2.24, 2.45) is 11.7 Å². The number of amides is 1. The van der Waals surface area contributed by atoms with Gasteiger partial charge in [0.1, 0.15) is 0 Å². The molecule has 0 saturated heterocycles. The van der Waals surface area contributed by atoms with Crippen LogP contribution in [0.25, 0.3) is 0 Å². The minimum atomic E-state index is -0.875. The fraction of sp³-hybridized carbons (Fsp3) is 0.278. The summed E-state index contributed by atoms with van der Waals surface area (Å²) in [6, 6.07) is 13.3. The van der Waals surface area contributed by atoms with Crippen LogP contribution in [0.5, 0.6) is 0 Å². The minimum absolute atomic E-state index is 0.162. The van der Waals surface area contributed by atoms with Gasteiger partial charge in [0.05, 0.1) is 0 Å². The van der Waals surface area contributed by atoms with E-state index in [0.717, 1.165) is 11.6 Å². The van der Waals surface area contributed by atoms with Crippen molar-refractivity contribution in [3.63, 3.8) is 0 Å². The third kappa shape index (κ3) is 3.40. The Balaban J connectivity index is 1.56. The van der Waals surface area contributed by atoms with Crippen molar-refractivity contribution in [2.75, 3.05) is 6.54 Å². The van der Waals surface area contributed by atoms with Gasteiger partial charge >= 0.3 is 0 Å². The number of hydrogen-bond donors (Lipinski definition) is 2. The fourth-order valence-electron chi connectivity index (χ4n) is 2.80. The van der Waals surface area contributed by atoms with Crippen molar-refractivity contribution in [2.45, 2.75) is 18.4 Å². The van der Waals surface area contributed by atoms with Gasteiger partial charge in [-0.1, -0.05) is 42.5 Å². The second-order valence-corrected chi connectivity index (χ2v) is 5.85. The number of hydrogen-bond acceptors (Lipinski definition) is 2. The Bertz CT molecular complexity index is 705. The maximum absolute atomic E-state index is 13.7. The van der Waals surface area contributed by atoms with E-state index in [0.29, 0.717) is 13.0 Å². The van der Waals surface area contributed by atoms with Crippen LogP contribution in [-0.4, -0.2) is 12.5 Å². The molecule has 2 aromatic carbocycles. The van der Waals surface area contributed by atoms with Crippen molar-refractivity contribution >= 4 is 5.91 Å². The molecule has 0 aromatic heterocycles. The summed E-state index contributed by atoms with van der Waals surface area (Å²) < 4.78 is 27.0. The first kappa shape index (κ1) is 15.6. The first-order valence-corrected chi connectivity index (χ1v) is 7.60. The topological polar surface area (TPSA) is 55.1 Å². The molecule has 2 aromatic rings. The van der Waals surface area contributed by atoms with Gasteiger partial charge in [0.25, 0.3) is 0 Å². The molecule has 1 fully saturated rings. The summed E-state index contributed by atoms with van der Waals surface area (Å²) in [5.74, 6) is -2.45. The second kappa shape index (κ2) is 6.46. The highest BCUT2D eigenvalue weighted by molar-refractivity contribution is 5.83. The van der Waals surface area contributed by atoms with E-state index < -0.39 is 11.6 Å². The zero-order valence-electron chi connectivity index (χ0n) is 12.5. The van der Waals surface area contributed by atoms with Crippen molar-refractivity contribution in [1.29, 1.82) is 0 Å². The van der Waals surface area contributed by atoms with Crippen LogP contribution in [0.2, 0.25) is 0 Å². The zero-order valence-corrected chi connectivity index (χ0v) is 12.5. The Morgan fingerprint density at radius 2 is 1.91 bits per heavy atom. The van der Waals surface area contributed by atoms with E-state index in [4.69, 9.17) is 5.73 Å². The largest absolute Gasteiger partial charge is 0.354 e. The quantitative estimate of drug-likeness (QED) is 0.891. The first-order chi connectivity index (χ1) is 11.1. The smallest absolute Gasteiger partial charge is 0.223 e. The molecule has 1 aliphatic rings. The van der Waals surface area contributed by atoms with E-state index in [1.54, 1.807) is 0 Å². The van der Waals surface area contributed by atoms with Crippen LogP contribution in [0.1, 0.15) is 29.5 Å². The molecule has 23 heavy (non-hydrogen) atoms. The summed E-state index contributed by atoms with van der Waals surface area (Å²) in [5.41, 5.74) is 7.25. The van der Waals surface area contributed by atoms with Crippen LogP contribution < -0.4 is 11.1 Å². The third-order valence-corrected chi connectivity index (χ3v) is 4.23. The molecule has 3 N–H and O–H groups in total. The number of carbonyl (C=O) groups is 1. The molecule has 1 saturated carbocycles. The average molecular weight is 316 g/mol. The van der Waals surface area contributed by atoms with Crippen LogP contribution in [-0.2, 0) is 4.79 Å². The summed E-state index contributed by atoms with van der Waals surface area (Å²) in [4.78, 5) is 12.1. The van der Waals surface area contributed by atoms with Gasteiger partial charge in [0.2, 0.25) is 5.91 Å². The molecule has 5 heteroatoms. The summed E-state index contributed by atoms with van der Waals surface area (Å²) in [7, 11) is 0. The average Bonchev–Trinajstić information content (AvgIpc) is 3.36. The maximum Gasteiger partial charge on any atom is 0.223 e. The normalized spacial score (nSPS) is 20.8. The summed E-state index contributed by atoms with van der Waals surface area (Å²) in [6.45, 7) is 0.317. The standard InChI is InChI=1S/C18H18F2N2O/c19-15-8-4-7-12(17(15)20)13-9-14(13)18(23)22-10-16(21)11-5-2-1-3-6-11/h1-8,13-14,16H,9-10,21H2,(H,22,23). The Kier molecular flexibility index (Phi) is 4.39. The number of nitrogens with two attached hydrogens (primary N) is 1. The van der Waals surface area contributed by atoms with Gasteiger partial charge < -0.3 is 11.1 Å². The Labute approximate surface area is 133 Å². The van der Waals surface area contributed by atoms with E-state index in [1.807, 2.05) is 30.3 Å². The van der Waals surface area contributed by atoms with Crippen LogP contribution in [0.15, 0.2) is 48.5 Å². The first-order valence-electron chi connectivity index (χ1n) is 7.60. The number of rotatable bonds is 5. The molecule has 0 heterocycles. The van der Waals surface area contributed by atoms with Gasteiger partial charge in [-0.15, -0.1) is 0 Å². The van der Waals surface area contributed by atoms with E-state index in [9.17, 15) is 13.6 Å². The molecule has 0 aliphatic heterocycles. The Morgan fingerprint density at radius 1 is 1.17 bits per heavy atom. The number of nitrogens with one attached hydrogen (secondary N) is 1. The molecule has 1 amide bonds. The third-order valence-electron chi connectivity index (χ3n) is 4.23. The predicted molar refractivity (Wildman–Crippen MR) is 83.6 cm³/mol. The van der Waals surface area contributed by atoms with Gasteiger partial charge in [0.15, 0.2) is 11.6 Å².